The molecule has 1 heterocycles. The smallest absolute Gasteiger partial charge is 0.328 e. The summed E-state index contributed by atoms with van der Waals surface area (Å²) in [6.07, 6.45) is 5.05. The number of sulfonamides is 1. The van der Waals surface area contributed by atoms with E-state index in [1.165, 1.54) is 25.4 Å². The van der Waals surface area contributed by atoms with Gasteiger partial charge in [0.2, 0.25) is 5.88 Å². The number of aromatic nitrogens is 1. The van der Waals surface area contributed by atoms with Crippen LogP contribution in [-0.2, 0) is 16.4 Å². The first-order valence-corrected chi connectivity index (χ1v) is 12.5. The number of urea groups is 1. The Morgan fingerprint density at radius 1 is 1.12 bits per heavy atom. The molecule has 1 aromatic heterocycles. The zero-order valence-electron chi connectivity index (χ0n) is 18.2. The van der Waals surface area contributed by atoms with Crippen molar-refractivity contribution >= 4 is 33.6 Å². The van der Waals surface area contributed by atoms with E-state index in [9.17, 15) is 18.0 Å². The molecule has 1 fully saturated rings. The molecule has 3 N–H and O–H groups in total. The van der Waals surface area contributed by atoms with Crippen LogP contribution in [-0.4, -0.2) is 50.4 Å². The number of nitrogens with one attached hydrogen (secondary N) is 3. The molecule has 3 rings (SSSR count). The van der Waals surface area contributed by atoms with Gasteiger partial charge in [-0.25, -0.2) is 22.9 Å². The van der Waals surface area contributed by atoms with Crippen LogP contribution in [0.2, 0.25) is 0 Å². The van der Waals surface area contributed by atoms with E-state index in [1.807, 2.05) is 0 Å². The predicted molar refractivity (Wildman–Crippen MR) is 124 cm³/mol. The molecule has 1 saturated carbocycles. The van der Waals surface area contributed by atoms with Crippen molar-refractivity contribution in [2.24, 2.45) is 0 Å². The lowest BCUT2D eigenvalue weighted by Crippen LogP contribution is -2.45. The fourth-order valence-electron chi connectivity index (χ4n) is 3.57. The molecule has 2 aromatic rings. The maximum Gasteiger partial charge on any atom is 0.328 e. The number of ether oxygens (including phenoxy) is 1. The third-order valence-electron chi connectivity index (χ3n) is 5.36. The molecule has 9 nitrogen and oxygen atoms in total. The van der Waals surface area contributed by atoms with Crippen LogP contribution in [0.3, 0.4) is 0 Å². The van der Waals surface area contributed by atoms with Crippen molar-refractivity contribution in [1.82, 2.24) is 20.3 Å². The molecule has 11 heteroatoms. The van der Waals surface area contributed by atoms with Crippen LogP contribution in [0, 0.1) is 0 Å². The highest BCUT2D eigenvalue weighted by Gasteiger charge is 2.23. The summed E-state index contributed by atoms with van der Waals surface area (Å²) in [7, 11) is -2.55. The Bertz CT molecular complexity index is 1070. The SMILES string of the molecule is COc1ncccc1C(=O)NCCc1ccc(S(=O)(=O)NC(=O)NC2CCC(Cl)CC2)cc1. The van der Waals surface area contributed by atoms with Gasteiger partial charge in [0.25, 0.3) is 15.9 Å². The Hall–Kier alpha value is -2.85. The summed E-state index contributed by atoms with van der Waals surface area (Å²) in [4.78, 5) is 28.4. The van der Waals surface area contributed by atoms with Gasteiger partial charge in [-0.2, -0.15) is 0 Å². The number of rotatable bonds is 8. The van der Waals surface area contributed by atoms with Crippen molar-refractivity contribution in [3.8, 4) is 5.88 Å². The van der Waals surface area contributed by atoms with Crippen LogP contribution >= 0.6 is 11.6 Å². The molecule has 0 unspecified atom stereocenters. The van der Waals surface area contributed by atoms with E-state index in [1.54, 1.807) is 24.3 Å². The number of amides is 3. The van der Waals surface area contributed by atoms with Crippen molar-refractivity contribution < 1.29 is 22.7 Å². The molecule has 1 aliphatic rings. The minimum atomic E-state index is -3.99. The van der Waals surface area contributed by atoms with Gasteiger partial charge in [0.05, 0.1) is 12.0 Å². The zero-order valence-corrected chi connectivity index (χ0v) is 19.8. The maximum absolute atomic E-state index is 12.5. The van der Waals surface area contributed by atoms with Gasteiger partial charge in [-0.3, -0.25) is 4.79 Å². The second-order valence-electron chi connectivity index (χ2n) is 7.74. The van der Waals surface area contributed by atoms with Gasteiger partial charge >= 0.3 is 6.03 Å². The number of methoxy groups -OCH3 is 1. The lowest BCUT2D eigenvalue weighted by atomic mass is 9.95. The molecule has 0 saturated heterocycles. The number of halogens is 1. The van der Waals surface area contributed by atoms with Crippen LogP contribution in [0.5, 0.6) is 5.88 Å². The summed E-state index contributed by atoms with van der Waals surface area (Å²) >= 11 is 6.05. The summed E-state index contributed by atoms with van der Waals surface area (Å²) in [5.41, 5.74) is 1.16. The fraction of sp³-hybridized carbons (Fsp3) is 0.409. The van der Waals surface area contributed by atoms with E-state index in [0.29, 0.717) is 18.5 Å². The highest BCUT2D eigenvalue weighted by atomic mass is 35.5. The highest BCUT2D eigenvalue weighted by molar-refractivity contribution is 7.90. The average molecular weight is 495 g/mol. The second-order valence-corrected chi connectivity index (χ2v) is 10.0. The number of benzene rings is 1. The average Bonchev–Trinajstić information content (AvgIpc) is 2.80. The van der Waals surface area contributed by atoms with Crippen molar-refractivity contribution in [3.63, 3.8) is 0 Å². The highest BCUT2D eigenvalue weighted by Crippen LogP contribution is 2.22. The zero-order chi connectivity index (χ0) is 23.8. The summed E-state index contributed by atoms with van der Waals surface area (Å²) < 4.78 is 32.1. The van der Waals surface area contributed by atoms with Crippen LogP contribution in [0.1, 0.15) is 41.6 Å². The number of hydrogen-bond acceptors (Lipinski definition) is 6. The van der Waals surface area contributed by atoms with Crippen LogP contribution in [0.25, 0.3) is 0 Å². The van der Waals surface area contributed by atoms with Gasteiger partial charge in [0.1, 0.15) is 5.56 Å². The Labute approximate surface area is 198 Å². The molecule has 0 aliphatic heterocycles. The van der Waals surface area contributed by atoms with Crippen molar-refractivity contribution in [1.29, 1.82) is 0 Å². The molecule has 1 aromatic carbocycles. The van der Waals surface area contributed by atoms with Gasteiger partial charge < -0.3 is 15.4 Å². The number of carbonyl (C=O) groups excluding carboxylic acids is 2. The van der Waals surface area contributed by atoms with Gasteiger partial charge in [-0.15, -0.1) is 11.6 Å². The second kappa shape index (κ2) is 11.3. The molecule has 0 radical (unpaired) electrons. The van der Waals surface area contributed by atoms with Crippen molar-refractivity contribution in [2.45, 2.75) is 48.4 Å². The normalized spacial score (nSPS) is 18.2. The van der Waals surface area contributed by atoms with Gasteiger partial charge in [-0.05, 0) is 61.9 Å². The Balaban J connectivity index is 1.49. The van der Waals surface area contributed by atoms with Gasteiger partial charge in [-0.1, -0.05) is 12.1 Å². The van der Waals surface area contributed by atoms with Crippen LogP contribution in [0.4, 0.5) is 4.79 Å². The monoisotopic (exact) mass is 494 g/mol. The Morgan fingerprint density at radius 2 is 1.82 bits per heavy atom. The first-order valence-electron chi connectivity index (χ1n) is 10.6. The topological polar surface area (TPSA) is 126 Å². The van der Waals surface area contributed by atoms with E-state index in [-0.39, 0.29) is 28.1 Å². The molecule has 33 heavy (non-hydrogen) atoms. The first kappa shape index (κ1) is 24.8. The number of nitrogens with zero attached hydrogens (tertiary/aromatic N) is 1. The molecular weight excluding hydrogens is 468 g/mol. The van der Waals surface area contributed by atoms with Crippen LogP contribution < -0.4 is 20.1 Å². The fourth-order valence-corrected chi connectivity index (χ4v) is 4.74. The standard InChI is InChI=1S/C22H27ClN4O5S/c1-32-21-19(3-2-13-25-21)20(28)24-14-12-15-4-10-18(11-5-15)33(30,31)27-22(29)26-17-8-6-16(23)7-9-17/h2-5,10-11,13,16-17H,6-9,12,14H2,1H3,(H,24,28)(H2,26,27,29). The van der Waals surface area contributed by atoms with E-state index in [2.05, 4.69) is 20.3 Å². The summed E-state index contributed by atoms with van der Waals surface area (Å²) in [6.45, 7) is 0.341. The maximum atomic E-state index is 12.5. The third-order valence-corrected chi connectivity index (χ3v) is 7.14. The van der Waals surface area contributed by atoms with E-state index >= 15 is 0 Å². The van der Waals surface area contributed by atoms with E-state index in [0.717, 1.165) is 31.2 Å². The number of pyridine rings is 1. The predicted octanol–water partition coefficient (Wildman–Crippen LogP) is 2.60. The molecule has 3 amide bonds. The summed E-state index contributed by atoms with van der Waals surface area (Å²) in [6, 6.07) is 8.58. The molecule has 1 aliphatic carbocycles. The van der Waals surface area contributed by atoms with Crippen molar-refractivity contribution in [3.05, 3.63) is 53.7 Å². The lowest BCUT2D eigenvalue weighted by molar-refractivity contribution is 0.0950. The molecule has 0 atom stereocenters. The van der Waals surface area contributed by atoms with E-state index in [4.69, 9.17) is 16.3 Å². The molecule has 0 bridgehead atoms. The number of carbonyl (C=O) groups is 2. The minimum absolute atomic E-state index is 0.0185. The third kappa shape index (κ3) is 7.06. The van der Waals surface area contributed by atoms with Gasteiger partial charge in [0, 0.05) is 24.2 Å². The number of alkyl halides is 1. The van der Waals surface area contributed by atoms with E-state index < -0.39 is 16.1 Å². The molecule has 178 valence electrons. The lowest BCUT2D eigenvalue weighted by Gasteiger charge is -2.25. The Morgan fingerprint density at radius 3 is 2.48 bits per heavy atom. The van der Waals surface area contributed by atoms with Gasteiger partial charge in [0.15, 0.2) is 0 Å². The molecular formula is C22H27ClN4O5S. The summed E-state index contributed by atoms with van der Waals surface area (Å²) in [5, 5.41) is 5.59. The Kier molecular flexibility index (Phi) is 8.51. The summed E-state index contributed by atoms with van der Waals surface area (Å²) in [5.74, 6) is -0.0679. The largest absolute Gasteiger partial charge is 0.480 e. The van der Waals surface area contributed by atoms with Crippen molar-refractivity contribution in [2.75, 3.05) is 13.7 Å². The van der Waals surface area contributed by atoms with Crippen LogP contribution in [0.15, 0.2) is 47.5 Å². The minimum Gasteiger partial charge on any atom is -0.480 e. The number of hydrogen-bond donors (Lipinski definition) is 3. The molecule has 0 spiro atoms. The first-order chi connectivity index (χ1) is 15.8. The quantitative estimate of drug-likeness (QED) is 0.484.